The van der Waals surface area contributed by atoms with Crippen molar-refractivity contribution in [1.82, 2.24) is 0 Å². The lowest BCUT2D eigenvalue weighted by Gasteiger charge is -1.89. The molecule has 0 amide bonds. The molecule has 0 spiro atoms. The molecule has 1 aromatic carbocycles. The number of rotatable bonds is 2. The number of carbonyl (C=O) groups is 1. The first-order valence-corrected chi connectivity index (χ1v) is 6.03. The lowest BCUT2D eigenvalue weighted by Crippen LogP contribution is -1.91. The molecule has 3 nitrogen and oxygen atoms in total. The minimum atomic E-state index is -0.986. The number of para-hydroxylation sites is 1. The summed E-state index contributed by atoms with van der Waals surface area (Å²) in [6.07, 6.45) is 0. The molecule has 0 saturated heterocycles. The highest BCUT2D eigenvalue weighted by Gasteiger charge is 2.13. The van der Waals surface area contributed by atoms with Crippen molar-refractivity contribution in [1.29, 1.82) is 0 Å². The molecular weight excluding hydrogens is 255 g/mol. The number of thiophene rings is 1. The zero-order valence-electron chi connectivity index (χ0n) is 9.01. The second-order valence-corrected chi connectivity index (χ2v) is 4.68. The van der Waals surface area contributed by atoms with Crippen LogP contribution in [0.1, 0.15) is 10.4 Å². The fourth-order valence-electron chi connectivity index (χ4n) is 1.73. The summed E-state index contributed by atoms with van der Waals surface area (Å²) in [6.45, 7) is 0. The van der Waals surface area contributed by atoms with E-state index in [-0.39, 0.29) is 11.1 Å². The minimum absolute atomic E-state index is 0.192. The molecule has 0 atom stereocenters. The zero-order valence-corrected chi connectivity index (χ0v) is 9.83. The van der Waals surface area contributed by atoms with E-state index in [0.29, 0.717) is 16.0 Å². The predicted molar refractivity (Wildman–Crippen MR) is 66.4 cm³/mol. The van der Waals surface area contributed by atoms with Crippen molar-refractivity contribution in [3.63, 3.8) is 0 Å². The number of carboxylic acid groups (broad SMARTS) is 1. The van der Waals surface area contributed by atoms with Crippen LogP contribution in [0.4, 0.5) is 4.39 Å². The molecule has 0 bridgehead atoms. The molecule has 0 radical (unpaired) electrons. The van der Waals surface area contributed by atoms with Gasteiger partial charge in [0, 0.05) is 10.8 Å². The second-order valence-electron chi connectivity index (χ2n) is 3.77. The van der Waals surface area contributed by atoms with Gasteiger partial charge in [0.2, 0.25) is 0 Å². The van der Waals surface area contributed by atoms with Crippen LogP contribution >= 0.6 is 11.3 Å². The van der Waals surface area contributed by atoms with Gasteiger partial charge in [-0.1, -0.05) is 12.1 Å². The molecule has 0 saturated carbocycles. The van der Waals surface area contributed by atoms with Crippen LogP contribution in [-0.4, -0.2) is 11.1 Å². The monoisotopic (exact) mass is 262 g/mol. The normalized spacial score (nSPS) is 10.9. The van der Waals surface area contributed by atoms with Gasteiger partial charge in [0.15, 0.2) is 11.4 Å². The van der Waals surface area contributed by atoms with E-state index in [1.807, 2.05) is 0 Å². The molecule has 2 heterocycles. The lowest BCUT2D eigenvalue weighted by atomic mass is 10.2. The summed E-state index contributed by atoms with van der Waals surface area (Å²) in [5.41, 5.74) is 0.397. The number of hydrogen-bond acceptors (Lipinski definition) is 3. The third-order valence-electron chi connectivity index (χ3n) is 2.59. The van der Waals surface area contributed by atoms with Crippen molar-refractivity contribution in [2.24, 2.45) is 0 Å². The van der Waals surface area contributed by atoms with E-state index in [2.05, 4.69) is 0 Å². The van der Waals surface area contributed by atoms with E-state index >= 15 is 0 Å². The van der Waals surface area contributed by atoms with Gasteiger partial charge in [-0.25, -0.2) is 9.18 Å². The summed E-state index contributed by atoms with van der Waals surface area (Å²) >= 11 is 1.26. The number of halogens is 1. The summed E-state index contributed by atoms with van der Waals surface area (Å²) in [5, 5.41) is 11.0. The largest absolute Gasteiger partial charge is 0.478 e. The van der Waals surface area contributed by atoms with Gasteiger partial charge >= 0.3 is 5.97 Å². The first-order valence-electron chi connectivity index (χ1n) is 5.15. The molecule has 18 heavy (non-hydrogen) atoms. The maximum absolute atomic E-state index is 13.5. The Hall–Kier alpha value is -2.14. The highest BCUT2D eigenvalue weighted by molar-refractivity contribution is 7.13. The summed E-state index contributed by atoms with van der Waals surface area (Å²) in [5.74, 6) is -0.929. The molecule has 0 unspecified atom stereocenters. The van der Waals surface area contributed by atoms with Gasteiger partial charge in [0.25, 0.3) is 0 Å². The number of furan rings is 1. The van der Waals surface area contributed by atoms with Crippen molar-refractivity contribution >= 4 is 28.3 Å². The first-order chi connectivity index (χ1) is 8.65. The van der Waals surface area contributed by atoms with Gasteiger partial charge in [-0.15, -0.1) is 11.3 Å². The fraction of sp³-hybridized carbons (Fsp3) is 0. The third kappa shape index (κ3) is 1.69. The van der Waals surface area contributed by atoms with Gasteiger partial charge in [0.1, 0.15) is 5.76 Å². The van der Waals surface area contributed by atoms with Gasteiger partial charge in [-0.2, -0.15) is 0 Å². The molecule has 3 rings (SSSR count). The number of hydrogen-bond donors (Lipinski definition) is 1. The summed E-state index contributed by atoms with van der Waals surface area (Å²) in [4.78, 5) is 11.5. The summed E-state index contributed by atoms with van der Waals surface area (Å²) in [6, 6.07) is 7.90. The zero-order chi connectivity index (χ0) is 12.7. The van der Waals surface area contributed by atoms with E-state index in [9.17, 15) is 9.18 Å². The third-order valence-corrected chi connectivity index (χ3v) is 3.53. The maximum Gasteiger partial charge on any atom is 0.336 e. The minimum Gasteiger partial charge on any atom is -0.478 e. The Bertz CT molecular complexity index is 742. The van der Waals surface area contributed by atoms with Gasteiger partial charge < -0.3 is 9.52 Å². The highest BCUT2D eigenvalue weighted by atomic mass is 32.1. The molecule has 0 aliphatic carbocycles. The van der Waals surface area contributed by atoms with Crippen LogP contribution in [-0.2, 0) is 0 Å². The van der Waals surface area contributed by atoms with Crippen LogP contribution < -0.4 is 0 Å². The van der Waals surface area contributed by atoms with E-state index in [4.69, 9.17) is 9.52 Å². The van der Waals surface area contributed by atoms with Crippen molar-refractivity contribution in [3.8, 4) is 10.6 Å². The second kappa shape index (κ2) is 3.96. The van der Waals surface area contributed by atoms with E-state index in [1.165, 1.54) is 28.8 Å². The Kier molecular flexibility index (Phi) is 2.41. The molecule has 0 fully saturated rings. The smallest absolute Gasteiger partial charge is 0.336 e. The van der Waals surface area contributed by atoms with Crippen LogP contribution in [0.2, 0.25) is 0 Å². The molecule has 1 N–H and O–H groups in total. The molecule has 3 aromatic rings. The Labute approximate surface area is 105 Å². The fourth-order valence-corrected chi connectivity index (χ4v) is 2.56. The lowest BCUT2D eigenvalue weighted by molar-refractivity contribution is 0.0697. The van der Waals surface area contributed by atoms with Crippen molar-refractivity contribution in [2.75, 3.05) is 0 Å². The quantitative estimate of drug-likeness (QED) is 0.759. The standard InChI is InChI=1S/C13H7FO3S/c14-9-3-1-2-7-4-10(17-12(7)9)11-5-8(6-18-11)13(15)16/h1-6H,(H,15,16). The molecule has 90 valence electrons. The van der Waals surface area contributed by atoms with Gasteiger partial charge in [-0.3, -0.25) is 0 Å². The van der Waals surface area contributed by atoms with E-state index in [0.717, 1.165) is 0 Å². The van der Waals surface area contributed by atoms with Crippen molar-refractivity contribution in [2.45, 2.75) is 0 Å². The Morgan fingerprint density at radius 1 is 1.33 bits per heavy atom. The molecule has 5 heteroatoms. The Balaban J connectivity index is 2.13. The highest BCUT2D eigenvalue weighted by Crippen LogP contribution is 2.33. The molecule has 0 aliphatic heterocycles. The van der Waals surface area contributed by atoms with Crippen LogP contribution in [0.15, 0.2) is 40.1 Å². The van der Waals surface area contributed by atoms with Crippen LogP contribution in [0.25, 0.3) is 21.6 Å². The molecule has 2 aromatic heterocycles. The average molecular weight is 262 g/mol. The maximum atomic E-state index is 13.5. The van der Waals surface area contributed by atoms with Crippen LogP contribution in [0, 0.1) is 5.82 Å². The van der Waals surface area contributed by atoms with Crippen LogP contribution in [0.5, 0.6) is 0 Å². The van der Waals surface area contributed by atoms with Gasteiger partial charge in [0.05, 0.1) is 10.4 Å². The van der Waals surface area contributed by atoms with Crippen LogP contribution in [0.3, 0.4) is 0 Å². The van der Waals surface area contributed by atoms with E-state index < -0.39 is 11.8 Å². The SMILES string of the molecule is O=C(O)c1csc(-c2cc3cccc(F)c3o2)c1. The Morgan fingerprint density at radius 3 is 2.83 bits per heavy atom. The predicted octanol–water partition coefficient (Wildman–Crippen LogP) is 4.00. The topological polar surface area (TPSA) is 50.4 Å². The number of aromatic carboxylic acids is 1. The Morgan fingerprint density at radius 2 is 2.17 bits per heavy atom. The average Bonchev–Trinajstić information content (AvgIpc) is 2.95. The van der Waals surface area contributed by atoms with Gasteiger partial charge in [-0.05, 0) is 18.2 Å². The number of fused-ring (bicyclic) bond motifs is 1. The van der Waals surface area contributed by atoms with E-state index in [1.54, 1.807) is 18.2 Å². The first kappa shape index (κ1) is 11.0. The molecular formula is C13H7FO3S. The number of carboxylic acids is 1. The summed E-state index contributed by atoms with van der Waals surface area (Å²) < 4.78 is 18.9. The van der Waals surface area contributed by atoms with Crippen molar-refractivity contribution in [3.05, 3.63) is 47.1 Å². The molecule has 0 aliphatic rings. The number of benzene rings is 1. The summed E-state index contributed by atoms with van der Waals surface area (Å²) in [7, 11) is 0. The van der Waals surface area contributed by atoms with Crippen molar-refractivity contribution < 1.29 is 18.7 Å².